The van der Waals surface area contributed by atoms with E-state index in [0.29, 0.717) is 17.9 Å². The molecule has 0 radical (unpaired) electrons. The van der Waals surface area contributed by atoms with Crippen molar-refractivity contribution in [3.63, 3.8) is 0 Å². The van der Waals surface area contributed by atoms with Crippen molar-refractivity contribution in [2.75, 3.05) is 7.05 Å². The third-order valence-corrected chi connectivity index (χ3v) is 8.28. The van der Waals surface area contributed by atoms with Crippen molar-refractivity contribution in [1.82, 2.24) is 4.90 Å². The normalized spacial score (nSPS) is 51.7. The summed E-state index contributed by atoms with van der Waals surface area (Å²) in [5.41, 5.74) is 0.358. The number of amides is 1. The van der Waals surface area contributed by atoms with E-state index in [1.165, 1.54) is 25.7 Å². The van der Waals surface area contributed by atoms with Crippen molar-refractivity contribution in [2.24, 2.45) is 34.5 Å². The molecule has 1 heterocycles. The lowest BCUT2D eigenvalue weighted by Crippen LogP contribution is -2.59. The molecule has 3 saturated carbocycles. The van der Waals surface area contributed by atoms with Crippen LogP contribution in [-0.2, 0) is 4.79 Å². The molecular formula is C20H28N2O. The largest absolute Gasteiger partial charge is 0.338 e. The number of nitrogens with zero attached hydrogens (tertiary/aromatic N) is 2. The number of likely N-dealkylation sites (N-methyl/N-ethyl adjacent to an activating group) is 1. The number of rotatable bonds is 0. The van der Waals surface area contributed by atoms with Gasteiger partial charge in [0.2, 0.25) is 5.91 Å². The predicted octanol–water partition coefficient (Wildman–Crippen LogP) is 3.77. The molecule has 4 aliphatic rings. The Bertz CT molecular complexity index is 605. The molecule has 1 aliphatic heterocycles. The third kappa shape index (κ3) is 1.84. The highest BCUT2D eigenvalue weighted by Gasteiger charge is 2.60. The number of nitriles is 1. The molecule has 3 fully saturated rings. The van der Waals surface area contributed by atoms with E-state index in [2.05, 4.69) is 26.0 Å². The summed E-state index contributed by atoms with van der Waals surface area (Å²) in [6.45, 7) is 4.77. The fourth-order valence-corrected chi connectivity index (χ4v) is 6.95. The second-order valence-electron chi connectivity index (χ2n) is 8.92. The molecule has 3 heteroatoms. The van der Waals surface area contributed by atoms with E-state index in [0.717, 1.165) is 18.8 Å². The summed E-state index contributed by atoms with van der Waals surface area (Å²) in [7, 11) is 1.98. The van der Waals surface area contributed by atoms with E-state index in [1.807, 2.05) is 11.9 Å². The van der Waals surface area contributed by atoms with E-state index in [-0.39, 0.29) is 22.7 Å². The molecule has 3 nitrogen and oxygen atoms in total. The maximum Gasteiger partial charge on any atom is 0.246 e. The maximum absolute atomic E-state index is 12.1. The van der Waals surface area contributed by atoms with Gasteiger partial charge in [0.25, 0.3) is 0 Å². The van der Waals surface area contributed by atoms with Gasteiger partial charge >= 0.3 is 0 Å². The van der Waals surface area contributed by atoms with E-state index >= 15 is 0 Å². The number of hydrogen-bond acceptors (Lipinski definition) is 2. The quantitative estimate of drug-likeness (QED) is 0.683. The highest BCUT2D eigenvalue weighted by Crippen LogP contribution is 2.65. The zero-order valence-electron chi connectivity index (χ0n) is 14.6. The van der Waals surface area contributed by atoms with Crippen molar-refractivity contribution in [2.45, 2.75) is 58.4 Å². The number of fused-ring (bicyclic) bond motifs is 5. The molecule has 3 aliphatic carbocycles. The van der Waals surface area contributed by atoms with Crippen LogP contribution in [0.25, 0.3) is 0 Å². The molecular weight excluding hydrogens is 284 g/mol. The van der Waals surface area contributed by atoms with Crippen LogP contribution in [-0.4, -0.2) is 23.9 Å². The Morgan fingerprint density at radius 3 is 2.70 bits per heavy atom. The number of carbonyl (C=O) groups is 1. The summed E-state index contributed by atoms with van der Waals surface area (Å²) in [6.07, 6.45) is 11.1. The molecule has 0 aromatic rings. The van der Waals surface area contributed by atoms with Crippen molar-refractivity contribution in [1.29, 1.82) is 5.26 Å². The molecule has 0 aromatic heterocycles. The summed E-state index contributed by atoms with van der Waals surface area (Å²) >= 11 is 0. The van der Waals surface area contributed by atoms with Crippen LogP contribution >= 0.6 is 0 Å². The Labute approximate surface area is 139 Å². The molecule has 3 unspecified atom stereocenters. The zero-order chi connectivity index (χ0) is 16.4. The lowest BCUT2D eigenvalue weighted by Gasteiger charge is -2.60. The third-order valence-electron chi connectivity index (χ3n) is 8.28. The van der Waals surface area contributed by atoms with Crippen LogP contribution in [0.15, 0.2) is 12.2 Å². The molecule has 0 spiro atoms. The molecule has 4 rings (SSSR count). The highest BCUT2D eigenvalue weighted by atomic mass is 16.2. The summed E-state index contributed by atoms with van der Waals surface area (Å²) in [5, 5.41) is 9.56. The number of carbonyl (C=O) groups excluding carboxylic acids is 1. The first-order valence-corrected chi connectivity index (χ1v) is 9.27. The summed E-state index contributed by atoms with van der Waals surface area (Å²) in [6, 6.07) is 2.97. The van der Waals surface area contributed by atoms with Gasteiger partial charge in [-0.15, -0.1) is 0 Å². The van der Waals surface area contributed by atoms with Crippen molar-refractivity contribution >= 4 is 5.91 Å². The SMILES string of the molecule is CN1C(=O)C=C[C@]2(C)C3CC[C@]4(C)C(C#N)CC[C@H]4C3CC[C@@H]12. The van der Waals surface area contributed by atoms with Crippen LogP contribution in [0.1, 0.15) is 52.4 Å². The first-order chi connectivity index (χ1) is 10.9. The lowest BCUT2D eigenvalue weighted by molar-refractivity contribution is -0.138. The summed E-state index contributed by atoms with van der Waals surface area (Å²) in [4.78, 5) is 14.1. The van der Waals surface area contributed by atoms with Gasteiger partial charge in [-0.2, -0.15) is 5.26 Å². The van der Waals surface area contributed by atoms with Gasteiger partial charge in [-0.05, 0) is 67.8 Å². The average molecular weight is 312 g/mol. The van der Waals surface area contributed by atoms with E-state index < -0.39 is 0 Å². The first-order valence-electron chi connectivity index (χ1n) is 9.27. The van der Waals surface area contributed by atoms with Crippen LogP contribution in [0.4, 0.5) is 0 Å². The minimum Gasteiger partial charge on any atom is -0.338 e. The zero-order valence-corrected chi connectivity index (χ0v) is 14.6. The summed E-state index contributed by atoms with van der Waals surface area (Å²) in [5.74, 6) is 2.53. The van der Waals surface area contributed by atoms with E-state index in [4.69, 9.17) is 0 Å². The van der Waals surface area contributed by atoms with Gasteiger partial charge in [-0.25, -0.2) is 0 Å². The molecule has 7 atom stereocenters. The second-order valence-corrected chi connectivity index (χ2v) is 8.92. The lowest BCUT2D eigenvalue weighted by atomic mass is 9.48. The van der Waals surface area contributed by atoms with Crippen LogP contribution in [0, 0.1) is 45.8 Å². The maximum atomic E-state index is 12.1. The minimum atomic E-state index is 0.123. The molecule has 0 N–H and O–H groups in total. The molecule has 0 saturated heterocycles. The van der Waals surface area contributed by atoms with Gasteiger partial charge in [0, 0.05) is 18.5 Å². The van der Waals surface area contributed by atoms with Gasteiger partial charge in [0.05, 0.1) is 12.0 Å². The van der Waals surface area contributed by atoms with Crippen LogP contribution < -0.4 is 0 Å². The molecule has 124 valence electrons. The second kappa shape index (κ2) is 4.85. The molecule has 0 bridgehead atoms. The van der Waals surface area contributed by atoms with Gasteiger partial charge in [-0.3, -0.25) is 4.79 Å². The van der Waals surface area contributed by atoms with Crippen molar-refractivity contribution in [3.8, 4) is 6.07 Å². The fourth-order valence-electron chi connectivity index (χ4n) is 6.95. The van der Waals surface area contributed by atoms with Gasteiger partial charge in [0.15, 0.2) is 0 Å². The number of hydrogen-bond donors (Lipinski definition) is 0. The Hall–Kier alpha value is -1.30. The van der Waals surface area contributed by atoms with Crippen LogP contribution in [0.2, 0.25) is 0 Å². The van der Waals surface area contributed by atoms with Crippen LogP contribution in [0.5, 0.6) is 0 Å². The van der Waals surface area contributed by atoms with E-state index in [1.54, 1.807) is 6.08 Å². The monoisotopic (exact) mass is 312 g/mol. The molecule has 23 heavy (non-hydrogen) atoms. The van der Waals surface area contributed by atoms with Gasteiger partial charge < -0.3 is 4.90 Å². The molecule has 0 aromatic carbocycles. The minimum absolute atomic E-state index is 0.123. The highest BCUT2D eigenvalue weighted by molar-refractivity contribution is 5.89. The van der Waals surface area contributed by atoms with Crippen LogP contribution in [0.3, 0.4) is 0 Å². The Balaban J connectivity index is 1.69. The average Bonchev–Trinajstić information content (AvgIpc) is 2.88. The topological polar surface area (TPSA) is 44.1 Å². The molecule has 1 amide bonds. The van der Waals surface area contributed by atoms with Gasteiger partial charge in [-0.1, -0.05) is 19.9 Å². The van der Waals surface area contributed by atoms with Gasteiger partial charge in [0.1, 0.15) is 0 Å². The fraction of sp³-hybridized carbons (Fsp3) is 0.800. The standard InChI is InChI=1S/C20H28N2O/c1-19-10-8-16-14(15(19)6-4-13(19)12-21)5-7-17-20(16,2)11-9-18(23)22(17)3/h9,11,13-17H,4-8,10H2,1-3H3/t13?,14?,15-,16?,17+,19+,20+/m0/s1. The Morgan fingerprint density at radius 1 is 1.17 bits per heavy atom. The summed E-state index contributed by atoms with van der Waals surface area (Å²) < 4.78 is 0. The van der Waals surface area contributed by atoms with E-state index in [9.17, 15) is 10.1 Å². The Morgan fingerprint density at radius 2 is 1.96 bits per heavy atom. The predicted molar refractivity (Wildman–Crippen MR) is 89.2 cm³/mol. The van der Waals surface area contributed by atoms with Crippen molar-refractivity contribution in [3.05, 3.63) is 12.2 Å². The first kappa shape index (κ1) is 15.2. The smallest absolute Gasteiger partial charge is 0.246 e. The Kier molecular flexibility index (Phi) is 3.21. The van der Waals surface area contributed by atoms with Crippen molar-refractivity contribution < 1.29 is 4.79 Å².